The first-order chi connectivity index (χ1) is 15.1. The number of benzene rings is 3. The van der Waals surface area contributed by atoms with Crippen LogP contribution in [-0.2, 0) is 11.3 Å². The fraction of sp³-hybridized carbons (Fsp3) is 0.261. The molecule has 0 radical (unpaired) electrons. The van der Waals surface area contributed by atoms with E-state index in [9.17, 15) is 4.79 Å². The van der Waals surface area contributed by atoms with Gasteiger partial charge < -0.3 is 33.2 Å². The molecule has 0 saturated carbocycles. The molecule has 2 aliphatic rings. The van der Waals surface area contributed by atoms with Crippen LogP contribution in [0.25, 0.3) is 21.9 Å². The maximum atomic E-state index is 12.8. The normalized spacial score (nSPS) is 13.7. The van der Waals surface area contributed by atoms with E-state index in [0.717, 1.165) is 5.56 Å². The van der Waals surface area contributed by atoms with Crippen LogP contribution in [0.5, 0.6) is 34.5 Å². The largest absolute Gasteiger partial charge is 0.496 e. The van der Waals surface area contributed by atoms with E-state index in [2.05, 4.69) is 0 Å². The second-order valence-electron chi connectivity index (χ2n) is 6.97. The van der Waals surface area contributed by atoms with Gasteiger partial charge in [0.1, 0.15) is 12.4 Å². The predicted molar refractivity (Wildman–Crippen MR) is 111 cm³/mol. The Morgan fingerprint density at radius 1 is 0.774 bits per heavy atom. The van der Waals surface area contributed by atoms with Gasteiger partial charge in [-0.3, -0.25) is 0 Å². The fourth-order valence-corrected chi connectivity index (χ4v) is 4.28. The van der Waals surface area contributed by atoms with Crippen molar-refractivity contribution < 1.29 is 38.0 Å². The minimum Gasteiger partial charge on any atom is -0.496 e. The highest BCUT2D eigenvalue weighted by atomic mass is 16.7. The van der Waals surface area contributed by atoms with Crippen LogP contribution in [0.15, 0.2) is 24.3 Å². The molecule has 2 heterocycles. The average Bonchev–Trinajstić information content (AvgIpc) is 3.42. The maximum absolute atomic E-state index is 12.8. The first kappa shape index (κ1) is 19.2. The van der Waals surface area contributed by atoms with Crippen molar-refractivity contribution in [3.8, 4) is 45.6 Å². The lowest BCUT2D eigenvalue weighted by Gasteiger charge is -2.21. The lowest BCUT2D eigenvalue weighted by molar-refractivity contribution is 0.0535. The molecule has 31 heavy (non-hydrogen) atoms. The Balaban J connectivity index is 1.97. The molecule has 0 aliphatic carbocycles. The van der Waals surface area contributed by atoms with E-state index >= 15 is 0 Å². The number of cyclic esters (lactones) is 1. The zero-order chi connectivity index (χ0) is 21.7. The quantitative estimate of drug-likeness (QED) is 0.570. The standard InChI is InChI=1S/C23H20O8/c1-25-16-8-12-17(11-5-6-14-15(7-11)31-10-30-14)18-13(9-29-23(18)24)20(26-2)19(12)22(28-4)21(16)27-3/h5-8H,9-10H2,1-4H3. The second kappa shape index (κ2) is 7.16. The third-order valence-corrected chi connectivity index (χ3v) is 5.57. The molecular weight excluding hydrogens is 404 g/mol. The van der Waals surface area contributed by atoms with Gasteiger partial charge in [0, 0.05) is 16.5 Å². The van der Waals surface area contributed by atoms with Gasteiger partial charge in [-0.2, -0.15) is 0 Å². The molecule has 0 fully saturated rings. The summed E-state index contributed by atoms with van der Waals surface area (Å²) in [4.78, 5) is 12.8. The van der Waals surface area contributed by atoms with Crippen molar-refractivity contribution in [3.05, 3.63) is 35.4 Å². The molecule has 3 aromatic rings. The smallest absolute Gasteiger partial charge is 0.339 e. The average molecular weight is 424 g/mol. The van der Waals surface area contributed by atoms with Crippen LogP contribution in [-0.4, -0.2) is 41.2 Å². The zero-order valence-corrected chi connectivity index (χ0v) is 17.5. The molecule has 0 amide bonds. The number of methoxy groups -OCH3 is 4. The van der Waals surface area contributed by atoms with Crippen LogP contribution in [0.1, 0.15) is 15.9 Å². The number of rotatable bonds is 5. The summed E-state index contributed by atoms with van der Waals surface area (Å²) in [5.74, 6) is 2.67. The van der Waals surface area contributed by atoms with E-state index in [1.165, 1.54) is 7.11 Å². The van der Waals surface area contributed by atoms with Gasteiger partial charge in [0.05, 0.1) is 39.4 Å². The molecule has 0 spiro atoms. The minimum atomic E-state index is -0.420. The lowest BCUT2D eigenvalue weighted by Crippen LogP contribution is -2.04. The summed E-state index contributed by atoms with van der Waals surface area (Å²) in [7, 11) is 6.18. The number of hydrogen-bond acceptors (Lipinski definition) is 8. The van der Waals surface area contributed by atoms with E-state index in [4.69, 9.17) is 33.2 Å². The molecule has 0 N–H and O–H groups in total. The summed E-state index contributed by atoms with van der Waals surface area (Å²) in [5.41, 5.74) is 2.53. The summed E-state index contributed by atoms with van der Waals surface area (Å²) in [6, 6.07) is 7.35. The molecule has 3 aromatic carbocycles. The Kier molecular flexibility index (Phi) is 4.43. The zero-order valence-electron chi connectivity index (χ0n) is 17.5. The molecule has 2 aliphatic heterocycles. The molecule has 0 saturated heterocycles. The Morgan fingerprint density at radius 3 is 2.23 bits per heavy atom. The van der Waals surface area contributed by atoms with Crippen LogP contribution in [0.2, 0.25) is 0 Å². The molecule has 0 aromatic heterocycles. The van der Waals surface area contributed by atoms with E-state index in [1.807, 2.05) is 24.3 Å². The van der Waals surface area contributed by atoms with Gasteiger partial charge in [0.2, 0.25) is 12.5 Å². The third kappa shape index (κ3) is 2.64. The monoisotopic (exact) mass is 424 g/mol. The van der Waals surface area contributed by atoms with Crippen LogP contribution in [0.4, 0.5) is 0 Å². The van der Waals surface area contributed by atoms with Crippen molar-refractivity contribution in [2.75, 3.05) is 35.2 Å². The Labute approximate surface area is 178 Å². The summed E-state index contributed by atoms with van der Waals surface area (Å²) in [5, 5.41) is 1.36. The van der Waals surface area contributed by atoms with Gasteiger partial charge in [-0.05, 0) is 23.8 Å². The first-order valence-corrected chi connectivity index (χ1v) is 9.55. The van der Waals surface area contributed by atoms with Crippen LogP contribution >= 0.6 is 0 Å². The van der Waals surface area contributed by atoms with Crippen molar-refractivity contribution >= 4 is 16.7 Å². The molecule has 160 valence electrons. The number of hydrogen-bond donors (Lipinski definition) is 0. The number of esters is 1. The highest BCUT2D eigenvalue weighted by molar-refractivity contribution is 6.15. The molecule has 0 bridgehead atoms. The van der Waals surface area contributed by atoms with Crippen molar-refractivity contribution in [2.24, 2.45) is 0 Å². The van der Waals surface area contributed by atoms with Gasteiger partial charge in [0.15, 0.2) is 23.0 Å². The molecule has 0 unspecified atom stereocenters. The molecule has 8 nitrogen and oxygen atoms in total. The van der Waals surface area contributed by atoms with Crippen molar-refractivity contribution in [1.82, 2.24) is 0 Å². The fourth-order valence-electron chi connectivity index (χ4n) is 4.28. The second-order valence-corrected chi connectivity index (χ2v) is 6.97. The van der Waals surface area contributed by atoms with Crippen molar-refractivity contribution in [3.63, 3.8) is 0 Å². The Hall–Kier alpha value is -3.81. The molecule has 0 atom stereocenters. The van der Waals surface area contributed by atoms with E-state index in [0.29, 0.717) is 62.0 Å². The number of carbonyl (C=O) groups excluding carboxylic acids is 1. The highest BCUT2D eigenvalue weighted by Gasteiger charge is 2.35. The number of ether oxygens (including phenoxy) is 7. The van der Waals surface area contributed by atoms with Crippen molar-refractivity contribution in [2.45, 2.75) is 6.61 Å². The molecular formula is C23H20O8. The predicted octanol–water partition coefficient (Wildman–Crippen LogP) is 3.94. The summed E-state index contributed by atoms with van der Waals surface area (Å²) < 4.78 is 39.0. The summed E-state index contributed by atoms with van der Waals surface area (Å²) in [6.07, 6.45) is 0. The maximum Gasteiger partial charge on any atom is 0.339 e. The van der Waals surface area contributed by atoms with E-state index in [1.54, 1.807) is 21.3 Å². The SMILES string of the molecule is COc1cc2c(-c3ccc4c(c3)OCO4)c3c(c(OC)c2c(OC)c1OC)COC3=O. The van der Waals surface area contributed by atoms with Gasteiger partial charge in [-0.1, -0.05) is 6.07 Å². The molecule has 5 rings (SSSR count). The Morgan fingerprint density at radius 2 is 1.52 bits per heavy atom. The summed E-state index contributed by atoms with van der Waals surface area (Å²) >= 11 is 0. The van der Waals surface area contributed by atoms with Gasteiger partial charge in [-0.15, -0.1) is 0 Å². The topological polar surface area (TPSA) is 81.7 Å². The van der Waals surface area contributed by atoms with Crippen molar-refractivity contribution in [1.29, 1.82) is 0 Å². The van der Waals surface area contributed by atoms with Gasteiger partial charge in [-0.25, -0.2) is 4.79 Å². The van der Waals surface area contributed by atoms with Gasteiger partial charge >= 0.3 is 5.97 Å². The van der Waals surface area contributed by atoms with Crippen LogP contribution in [0.3, 0.4) is 0 Å². The van der Waals surface area contributed by atoms with Crippen LogP contribution < -0.4 is 28.4 Å². The van der Waals surface area contributed by atoms with E-state index in [-0.39, 0.29) is 13.4 Å². The molecule has 8 heteroatoms. The first-order valence-electron chi connectivity index (χ1n) is 9.55. The number of fused-ring (bicyclic) bond motifs is 3. The lowest BCUT2D eigenvalue weighted by atomic mass is 9.88. The third-order valence-electron chi connectivity index (χ3n) is 5.57. The number of carbonyl (C=O) groups is 1. The summed E-state index contributed by atoms with van der Waals surface area (Å²) in [6.45, 7) is 0.253. The van der Waals surface area contributed by atoms with Gasteiger partial charge in [0.25, 0.3) is 0 Å². The highest BCUT2D eigenvalue weighted by Crippen LogP contribution is 2.53. The minimum absolute atomic E-state index is 0.0995. The van der Waals surface area contributed by atoms with Crippen LogP contribution in [0, 0.1) is 0 Å². The Bertz CT molecular complexity index is 1230. The van der Waals surface area contributed by atoms with E-state index < -0.39 is 5.97 Å².